The Bertz CT molecular complexity index is 401. The zero-order valence-corrected chi connectivity index (χ0v) is 9.50. The van der Waals surface area contributed by atoms with Gasteiger partial charge in [-0.15, -0.1) is 0 Å². The minimum absolute atomic E-state index is 0.218. The number of amides is 1. The first kappa shape index (κ1) is 10.4. The van der Waals surface area contributed by atoms with Crippen LogP contribution in [0.5, 0.6) is 0 Å². The smallest absolute Gasteiger partial charge is 0.282 e. The molecule has 1 aromatic heterocycles. The van der Waals surface area contributed by atoms with E-state index in [9.17, 15) is 9.59 Å². The predicted octanol–water partition coefficient (Wildman–Crippen LogP) is 0.254. The number of hydrogen-bond donors (Lipinski definition) is 1. The van der Waals surface area contributed by atoms with E-state index in [1.807, 2.05) is 0 Å². The van der Waals surface area contributed by atoms with Gasteiger partial charge in [-0.2, -0.15) is 5.10 Å². The van der Waals surface area contributed by atoms with E-state index in [-0.39, 0.29) is 6.54 Å². The van der Waals surface area contributed by atoms with E-state index < -0.39 is 11.5 Å². The number of carbonyl (C=O) groups excluding carboxylic acids is 1. The van der Waals surface area contributed by atoms with E-state index in [4.69, 9.17) is 5.73 Å². The summed E-state index contributed by atoms with van der Waals surface area (Å²) in [7, 11) is 0. The van der Waals surface area contributed by atoms with Gasteiger partial charge in [-0.25, -0.2) is 4.68 Å². The molecule has 2 N–H and O–H groups in total. The van der Waals surface area contributed by atoms with Gasteiger partial charge in [0.15, 0.2) is 0 Å². The highest BCUT2D eigenvalue weighted by atomic mass is 79.9. The van der Waals surface area contributed by atoms with E-state index in [1.165, 1.54) is 6.20 Å². The van der Waals surface area contributed by atoms with Crippen LogP contribution in [0.25, 0.3) is 0 Å². The van der Waals surface area contributed by atoms with Crippen molar-refractivity contribution in [2.24, 2.45) is 5.73 Å². The molecule has 1 heterocycles. The number of carbonyl (C=O) groups is 1. The summed E-state index contributed by atoms with van der Waals surface area (Å²) in [5.74, 6) is -0.608. The molecule has 0 aromatic carbocycles. The molecule has 5 nitrogen and oxygen atoms in total. The van der Waals surface area contributed by atoms with Crippen molar-refractivity contribution in [2.45, 2.75) is 6.54 Å². The molecule has 70 valence electrons. The molecule has 0 fully saturated rings. The number of nitrogens with two attached hydrogens (primary N) is 1. The zero-order chi connectivity index (χ0) is 10.0. The highest BCUT2D eigenvalue weighted by Gasteiger charge is 2.07. The van der Waals surface area contributed by atoms with Crippen molar-refractivity contribution in [2.75, 3.05) is 0 Å². The summed E-state index contributed by atoms with van der Waals surface area (Å²) in [5.41, 5.74) is 4.52. The summed E-state index contributed by atoms with van der Waals surface area (Å²) in [5, 5.41) is 3.71. The fourth-order valence-electron chi connectivity index (χ4n) is 0.705. The molecule has 0 bridgehead atoms. The lowest BCUT2D eigenvalue weighted by Gasteiger charge is -2.01. The lowest BCUT2D eigenvalue weighted by molar-refractivity contribution is -0.118. The lowest BCUT2D eigenvalue weighted by Crippen LogP contribution is -2.30. The molecule has 1 amide bonds. The van der Waals surface area contributed by atoms with Crippen LogP contribution in [0.4, 0.5) is 0 Å². The van der Waals surface area contributed by atoms with Crippen LogP contribution in [-0.4, -0.2) is 15.7 Å². The Morgan fingerprint density at radius 2 is 2.23 bits per heavy atom. The van der Waals surface area contributed by atoms with Gasteiger partial charge in [0, 0.05) is 0 Å². The average Bonchev–Trinajstić information content (AvgIpc) is 2.06. The Morgan fingerprint density at radius 1 is 1.62 bits per heavy atom. The van der Waals surface area contributed by atoms with Crippen molar-refractivity contribution in [1.29, 1.82) is 0 Å². The summed E-state index contributed by atoms with van der Waals surface area (Å²) in [4.78, 5) is 21.9. The molecule has 7 heteroatoms. The first-order chi connectivity index (χ1) is 6.02. The van der Waals surface area contributed by atoms with Gasteiger partial charge in [-0.1, -0.05) is 0 Å². The van der Waals surface area contributed by atoms with Crippen molar-refractivity contribution in [3.05, 3.63) is 25.5 Å². The molecule has 1 rings (SSSR count). The summed E-state index contributed by atoms with van der Waals surface area (Å²) < 4.78 is 1.85. The molecule has 0 spiro atoms. The van der Waals surface area contributed by atoms with Crippen molar-refractivity contribution in [3.63, 3.8) is 0 Å². The van der Waals surface area contributed by atoms with Crippen LogP contribution in [0.1, 0.15) is 0 Å². The molecule has 0 unspecified atom stereocenters. The second kappa shape index (κ2) is 4.01. The number of nitrogens with zero attached hydrogens (tertiary/aromatic N) is 2. The minimum Gasteiger partial charge on any atom is -0.368 e. The number of rotatable bonds is 2. The Labute approximate surface area is 90.2 Å². The molecular weight excluding hydrogens is 306 g/mol. The molecule has 0 saturated heterocycles. The van der Waals surface area contributed by atoms with E-state index in [0.29, 0.717) is 8.95 Å². The molecule has 0 radical (unpaired) electrons. The van der Waals surface area contributed by atoms with Crippen LogP contribution >= 0.6 is 31.9 Å². The van der Waals surface area contributed by atoms with Crippen molar-refractivity contribution < 1.29 is 4.79 Å². The fourth-order valence-corrected chi connectivity index (χ4v) is 1.27. The zero-order valence-electron chi connectivity index (χ0n) is 6.33. The molecule has 0 aliphatic carbocycles. The Morgan fingerprint density at radius 3 is 2.77 bits per heavy atom. The van der Waals surface area contributed by atoms with Gasteiger partial charge >= 0.3 is 0 Å². The maximum atomic E-state index is 11.3. The van der Waals surface area contributed by atoms with Crippen molar-refractivity contribution in [1.82, 2.24) is 9.78 Å². The van der Waals surface area contributed by atoms with Crippen molar-refractivity contribution in [3.8, 4) is 0 Å². The van der Waals surface area contributed by atoms with Crippen LogP contribution in [0.15, 0.2) is 19.9 Å². The molecule has 0 aliphatic heterocycles. The Hall–Kier alpha value is -0.690. The summed E-state index contributed by atoms with van der Waals surface area (Å²) in [6.45, 7) is -0.218. The first-order valence-electron chi connectivity index (χ1n) is 3.22. The summed E-state index contributed by atoms with van der Waals surface area (Å²) >= 11 is 6.16. The van der Waals surface area contributed by atoms with Gasteiger partial charge in [0.05, 0.1) is 10.7 Å². The van der Waals surface area contributed by atoms with Gasteiger partial charge in [-0.3, -0.25) is 9.59 Å². The van der Waals surface area contributed by atoms with E-state index in [1.54, 1.807) is 0 Å². The van der Waals surface area contributed by atoms with E-state index >= 15 is 0 Å². The van der Waals surface area contributed by atoms with Gasteiger partial charge in [0.2, 0.25) is 5.91 Å². The fraction of sp³-hybridized carbons (Fsp3) is 0.167. The Kier molecular flexibility index (Phi) is 3.21. The third-order valence-electron chi connectivity index (χ3n) is 1.25. The number of halogens is 2. The Balaban J connectivity index is 3.19. The third-order valence-corrected chi connectivity index (χ3v) is 3.15. The first-order valence-corrected chi connectivity index (χ1v) is 4.80. The quantitative estimate of drug-likeness (QED) is 0.851. The van der Waals surface area contributed by atoms with Crippen LogP contribution in [0.3, 0.4) is 0 Å². The lowest BCUT2D eigenvalue weighted by atomic mass is 10.5. The largest absolute Gasteiger partial charge is 0.368 e. The summed E-state index contributed by atoms with van der Waals surface area (Å²) in [6.07, 6.45) is 1.41. The predicted molar refractivity (Wildman–Crippen MR) is 53.1 cm³/mol. The van der Waals surface area contributed by atoms with Gasteiger partial charge < -0.3 is 5.73 Å². The van der Waals surface area contributed by atoms with Crippen LogP contribution in [-0.2, 0) is 11.3 Å². The normalized spacial score (nSPS) is 10.0. The standard InChI is InChI=1S/C6H5Br2N3O2/c7-3-1-10-11(2-4(9)12)6(13)5(3)8/h1H,2H2,(H2,9,12). The number of aromatic nitrogens is 2. The maximum absolute atomic E-state index is 11.3. The monoisotopic (exact) mass is 309 g/mol. The molecule has 0 aliphatic rings. The summed E-state index contributed by atoms with van der Waals surface area (Å²) in [6, 6.07) is 0. The molecule has 13 heavy (non-hydrogen) atoms. The topological polar surface area (TPSA) is 78.0 Å². The van der Waals surface area contributed by atoms with Crippen LogP contribution in [0, 0.1) is 0 Å². The number of hydrogen-bond acceptors (Lipinski definition) is 3. The number of primary amides is 1. The van der Waals surface area contributed by atoms with Gasteiger partial charge in [-0.05, 0) is 31.9 Å². The van der Waals surface area contributed by atoms with E-state index in [0.717, 1.165) is 4.68 Å². The molecule has 0 atom stereocenters. The van der Waals surface area contributed by atoms with Crippen molar-refractivity contribution >= 4 is 37.8 Å². The van der Waals surface area contributed by atoms with Crippen LogP contribution in [0.2, 0.25) is 0 Å². The van der Waals surface area contributed by atoms with Crippen LogP contribution < -0.4 is 11.3 Å². The molecule has 0 saturated carbocycles. The molecule has 1 aromatic rings. The van der Waals surface area contributed by atoms with Gasteiger partial charge in [0.1, 0.15) is 11.0 Å². The second-order valence-electron chi connectivity index (χ2n) is 2.24. The van der Waals surface area contributed by atoms with E-state index in [2.05, 4.69) is 37.0 Å². The average molecular weight is 311 g/mol. The van der Waals surface area contributed by atoms with Gasteiger partial charge in [0.25, 0.3) is 5.56 Å². The second-order valence-corrected chi connectivity index (χ2v) is 3.88. The third kappa shape index (κ3) is 2.38. The highest BCUT2D eigenvalue weighted by Crippen LogP contribution is 2.16. The highest BCUT2D eigenvalue weighted by molar-refractivity contribution is 9.13. The SMILES string of the molecule is NC(=O)Cn1ncc(Br)c(Br)c1=O. The minimum atomic E-state index is -0.608. The maximum Gasteiger partial charge on any atom is 0.282 e. The molecular formula is C6H5Br2N3O2.